The zero-order chi connectivity index (χ0) is 11.3. The van der Waals surface area contributed by atoms with E-state index in [1.165, 1.54) is 18.4 Å². The van der Waals surface area contributed by atoms with Crippen molar-refractivity contribution in [3.63, 3.8) is 0 Å². The van der Waals surface area contributed by atoms with Crippen molar-refractivity contribution in [1.82, 2.24) is 4.90 Å². The molecule has 0 aliphatic rings. The number of halogens is 1. The SMILES string of the molecule is CC(CCCN(C)C)c1ccc(Cl)cc1. The maximum Gasteiger partial charge on any atom is 0.0406 e. The summed E-state index contributed by atoms with van der Waals surface area (Å²) >= 11 is 5.86. The summed E-state index contributed by atoms with van der Waals surface area (Å²) in [5, 5.41) is 0.819. The fourth-order valence-corrected chi connectivity index (χ4v) is 1.80. The summed E-state index contributed by atoms with van der Waals surface area (Å²) in [6.07, 6.45) is 2.48. The summed E-state index contributed by atoms with van der Waals surface area (Å²) < 4.78 is 0. The van der Waals surface area contributed by atoms with Gasteiger partial charge in [-0.15, -0.1) is 0 Å². The Bertz CT molecular complexity index is 279. The lowest BCUT2D eigenvalue weighted by molar-refractivity contribution is 0.387. The van der Waals surface area contributed by atoms with Gasteiger partial charge in [0.25, 0.3) is 0 Å². The normalized spacial score (nSPS) is 13.1. The van der Waals surface area contributed by atoms with Crippen LogP contribution >= 0.6 is 11.6 Å². The van der Waals surface area contributed by atoms with E-state index in [1.54, 1.807) is 0 Å². The van der Waals surface area contributed by atoms with Gasteiger partial charge in [-0.25, -0.2) is 0 Å². The van der Waals surface area contributed by atoms with Crippen molar-refractivity contribution in [3.8, 4) is 0 Å². The van der Waals surface area contributed by atoms with Crippen molar-refractivity contribution < 1.29 is 0 Å². The predicted molar refractivity (Wildman–Crippen MR) is 67.7 cm³/mol. The highest BCUT2D eigenvalue weighted by molar-refractivity contribution is 6.30. The molecule has 0 heterocycles. The molecule has 1 rings (SSSR count). The third-order valence-electron chi connectivity index (χ3n) is 2.68. The summed E-state index contributed by atoms with van der Waals surface area (Å²) in [6.45, 7) is 3.44. The van der Waals surface area contributed by atoms with E-state index in [2.05, 4.69) is 38.1 Å². The van der Waals surface area contributed by atoms with Gasteiger partial charge in [-0.3, -0.25) is 0 Å². The van der Waals surface area contributed by atoms with Crippen LogP contribution in [-0.2, 0) is 0 Å². The van der Waals surface area contributed by atoms with Crippen LogP contribution in [0.2, 0.25) is 5.02 Å². The summed E-state index contributed by atoms with van der Waals surface area (Å²) in [5.41, 5.74) is 1.39. The molecule has 1 aromatic rings. The van der Waals surface area contributed by atoms with Gasteiger partial charge in [0.2, 0.25) is 0 Å². The van der Waals surface area contributed by atoms with Crippen molar-refractivity contribution in [2.75, 3.05) is 20.6 Å². The smallest absolute Gasteiger partial charge is 0.0406 e. The Hall–Kier alpha value is -0.530. The Morgan fingerprint density at radius 1 is 1.20 bits per heavy atom. The molecule has 0 bridgehead atoms. The number of benzene rings is 1. The van der Waals surface area contributed by atoms with Crippen LogP contribution in [0, 0.1) is 0 Å². The van der Waals surface area contributed by atoms with E-state index in [4.69, 9.17) is 11.6 Å². The maximum atomic E-state index is 5.86. The Morgan fingerprint density at radius 3 is 2.33 bits per heavy atom. The topological polar surface area (TPSA) is 3.24 Å². The Labute approximate surface area is 98.0 Å². The molecule has 1 unspecified atom stereocenters. The molecule has 0 amide bonds. The van der Waals surface area contributed by atoms with E-state index in [0.29, 0.717) is 5.92 Å². The molecule has 0 aromatic heterocycles. The molecule has 1 nitrogen and oxygen atoms in total. The lowest BCUT2D eigenvalue weighted by atomic mass is 9.96. The van der Waals surface area contributed by atoms with Gasteiger partial charge in [0, 0.05) is 5.02 Å². The fourth-order valence-electron chi connectivity index (χ4n) is 1.67. The minimum atomic E-state index is 0.627. The molecule has 2 heteroatoms. The summed E-state index contributed by atoms with van der Waals surface area (Å²) in [6, 6.07) is 8.20. The molecule has 15 heavy (non-hydrogen) atoms. The molecule has 1 aromatic carbocycles. The predicted octanol–water partition coefficient (Wildman–Crippen LogP) is 3.79. The fraction of sp³-hybridized carbons (Fsp3) is 0.538. The van der Waals surface area contributed by atoms with Crippen molar-refractivity contribution in [3.05, 3.63) is 34.9 Å². The second-order valence-corrected chi connectivity index (χ2v) is 4.83. The molecule has 0 saturated heterocycles. The number of hydrogen-bond donors (Lipinski definition) is 0. The van der Waals surface area contributed by atoms with E-state index in [1.807, 2.05) is 12.1 Å². The van der Waals surface area contributed by atoms with Crippen LogP contribution in [0.3, 0.4) is 0 Å². The molecule has 0 aliphatic carbocycles. The van der Waals surface area contributed by atoms with Crippen LogP contribution in [0.15, 0.2) is 24.3 Å². The quantitative estimate of drug-likeness (QED) is 0.737. The largest absolute Gasteiger partial charge is 0.309 e. The van der Waals surface area contributed by atoms with Gasteiger partial charge in [0.15, 0.2) is 0 Å². The van der Waals surface area contributed by atoms with E-state index in [0.717, 1.165) is 11.6 Å². The molecule has 0 spiro atoms. The Kier molecular flexibility index (Phi) is 5.13. The van der Waals surface area contributed by atoms with E-state index >= 15 is 0 Å². The van der Waals surface area contributed by atoms with Crippen LogP contribution in [0.5, 0.6) is 0 Å². The van der Waals surface area contributed by atoms with Gasteiger partial charge in [0.05, 0.1) is 0 Å². The molecular weight excluding hydrogens is 206 g/mol. The van der Waals surface area contributed by atoms with Crippen LogP contribution < -0.4 is 0 Å². The first-order chi connectivity index (χ1) is 7.09. The van der Waals surface area contributed by atoms with Crippen LogP contribution in [0.25, 0.3) is 0 Å². The first-order valence-electron chi connectivity index (χ1n) is 5.50. The van der Waals surface area contributed by atoms with Gasteiger partial charge in [-0.05, 0) is 57.1 Å². The maximum absolute atomic E-state index is 5.86. The highest BCUT2D eigenvalue weighted by Crippen LogP contribution is 2.22. The Morgan fingerprint density at radius 2 is 1.80 bits per heavy atom. The minimum Gasteiger partial charge on any atom is -0.309 e. The molecule has 0 N–H and O–H groups in total. The monoisotopic (exact) mass is 225 g/mol. The van der Waals surface area contributed by atoms with Crippen molar-refractivity contribution in [2.24, 2.45) is 0 Å². The molecule has 84 valence electrons. The van der Waals surface area contributed by atoms with E-state index < -0.39 is 0 Å². The van der Waals surface area contributed by atoms with E-state index in [-0.39, 0.29) is 0 Å². The third kappa shape index (κ3) is 4.67. The van der Waals surface area contributed by atoms with Crippen LogP contribution in [-0.4, -0.2) is 25.5 Å². The van der Waals surface area contributed by atoms with Gasteiger partial charge in [0.1, 0.15) is 0 Å². The molecule has 0 fully saturated rings. The van der Waals surface area contributed by atoms with Crippen molar-refractivity contribution in [1.29, 1.82) is 0 Å². The van der Waals surface area contributed by atoms with Gasteiger partial charge in [-0.1, -0.05) is 30.7 Å². The molecular formula is C13H20ClN. The average Bonchev–Trinajstić information content (AvgIpc) is 2.18. The van der Waals surface area contributed by atoms with Crippen molar-refractivity contribution in [2.45, 2.75) is 25.7 Å². The molecule has 0 aliphatic heterocycles. The Balaban J connectivity index is 2.40. The second-order valence-electron chi connectivity index (χ2n) is 4.40. The number of hydrogen-bond acceptors (Lipinski definition) is 1. The molecule has 1 atom stereocenters. The highest BCUT2D eigenvalue weighted by Gasteiger charge is 2.05. The summed E-state index contributed by atoms with van der Waals surface area (Å²) in [7, 11) is 4.24. The average molecular weight is 226 g/mol. The lowest BCUT2D eigenvalue weighted by Crippen LogP contribution is -2.13. The van der Waals surface area contributed by atoms with Crippen LogP contribution in [0.1, 0.15) is 31.2 Å². The summed E-state index contributed by atoms with van der Waals surface area (Å²) in [5.74, 6) is 0.627. The number of rotatable bonds is 5. The summed E-state index contributed by atoms with van der Waals surface area (Å²) in [4.78, 5) is 2.23. The van der Waals surface area contributed by atoms with Crippen molar-refractivity contribution >= 4 is 11.6 Å². The highest BCUT2D eigenvalue weighted by atomic mass is 35.5. The molecule has 0 saturated carbocycles. The zero-order valence-electron chi connectivity index (χ0n) is 9.83. The minimum absolute atomic E-state index is 0.627. The lowest BCUT2D eigenvalue weighted by Gasteiger charge is -2.14. The van der Waals surface area contributed by atoms with Gasteiger partial charge >= 0.3 is 0 Å². The van der Waals surface area contributed by atoms with Gasteiger partial charge in [-0.2, -0.15) is 0 Å². The first kappa shape index (κ1) is 12.5. The third-order valence-corrected chi connectivity index (χ3v) is 2.93. The first-order valence-corrected chi connectivity index (χ1v) is 5.87. The second kappa shape index (κ2) is 6.14. The van der Waals surface area contributed by atoms with Crippen LogP contribution in [0.4, 0.5) is 0 Å². The van der Waals surface area contributed by atoms with E-state index in [9.17, 15) is 0 Å². The standard InChI is InChI=1S/C13H20ClN/c1-11(5-4-10-15(2)3)12-6-8-13(14)9-7-12/h6-9,11H,4-5,10H2,1-3H3. The zero-order valence-corrected chi connectivity index (χ0v) is 10.6. The molecule has 0 radical (unpaired) electrons. The number of nitrogens with zero attached hydrogens (tertiary/aromatic N) is 1. The van der Waals surface area contributed by atoms with Gasteiger partial charge < -0.3 is 4.90 Å².